The van der Waals surface area contributed by atoms with Crippen molar-refractivity contribution in [1.29, 1.82) is 0 Å². The van der Waals surface area contributed by atoms with Gasteiger partial charge in [0.15, 0.2) is 14.6 Å². The quantitative estimate of drug-likeness (QED) is 0.372. The fourth-order valence-corrected chi connectivity index (χ4v) is 4.44. The molecular weight excluding hydrogens is 328 g/mol. The Kier molecular flexibility index (Phi) is 9.09. The summed E-state index contributed by atoms with van der Waals surface area (Å²) >= 11 is 0. The Bertz CT molecular complexity index is 419. The van der Waals surface area contributed by atoms with Crippen molar-refractivity contribution >= 4 is 8.32 Å². The van der Waals surface area contributed by atoms with E-state index in [2.05, 4.69) is 60.4 Å². The van der Waals surface area contributed by atoms with Crippen molar-refractivity contribution in [2.45, 2.75) is 84.4 Å². The molecule has 1 saturated heterocycles. The van der Waals surface area contributed by atoms with Crippen LogP contribution in [0.2, 0.25) is 18.1 Å². The minimum absolute atomic E-state index is 0.0785. The summed E-state index contributed by atoms with van der Waals surface area (Å²) in [5.74, 6) is 0.841. The van der Waals surface area contributed by atoms with Crippen molar-refractivity contribution in [3.63, 3.8) is 0 Å². The van der Waals surface area contributed by atoms with E-state index in [9.17, 15) is 0 Å². The summed E-state index contributed by atoms with van der Waals surface area (Å²) in [5, 5.41) is 0.208. The number of rotatable bonds is 9. The first-order valence-corrected chi connectivity index (χ1v) is 12.7. The second kappa shape index (κ2) is 10.1. The number of hydrogen-bond donors (Lipinski definition) is 0. The molecule has 0 aromatic carbocycles. The minimum atomic E-state index is -1.83. The summed E-state index contributed by atoms with van der Waals surface area (Å²) in [6, 6.07) is 0. The van der Waals surface area contributed by atoms with Gasteiger partial charge in [-0.25, -0.2) is 0 Å². The molecule has 0 aromatic heterocycles. The van der Waals surface area contributed by atoms with Gasteiger partial charge in [0.1, 0.15) is 0 Å². The van der Waals surface area contributed by atoms with Crippen LogP contribution in [0, 0.1) is 11.8 Å². The van der Waals surface area contributed by atoms with Gasteiger partial charge in [-0.2, -0.15) is 0 Å². The highest BCUT2D eigenvalue weighted by molar-refractivity contribution is 6.74. The summed E-state index contributed by atoms with van der Waals surface area (Å²) in [6.45, 7) is 21.5. The highest BCUT2D eigenvalue weighted by Crippen LogP contribution is 2.40. The van der Waals surface area contributed by atoms with Crippen molar-refractivity contribution in [3.8, 4) is 0 Å². The fraction of sp³-hybridized carbons (Fsp3) is 0.810. The molecule has 1 fully saturated rings. The molecule has 1 rings (SSSR count). The van der Waals surface area contributed by atoms with Crippen LogP contribution in [0.4, 0.5) is 0 Å². The Labute approximate surface area is 156 Å². The number of ether oxygens (including phenoxy) is 2. The fourth-order valence-electron chi connectivity index (χ4n) is 2.94. The first-order valence-electron chi connectivity index (χ1n) is 9.77. The monoisotopic (exact) mass is 368 g/mol. The summed E-state index contributed by atoms with van der Waals surface area (Å²) in [4.78, 5) is 0. The van der Waals surface area contributed by atoms with Crippen LogP contribution in [0.15, 0.2) is 24.8 Å². The molecule has 0 radical (unpaired) electrons. The Morgan fingerprint density at radius 1 is 1.16 bits per heavy atom. The topological polar surface area (TPSA) is 27.7 Å². The Morgan fingerprint density at radius 3 is 2.28 bits per heavy atom. The zero-order valence-electron chi connectivity index (χ0n) is 17.5. The van der Waals surface area contributed by atoms with Crippen molar-refractivity contribution < 1.29 is 13.9 Å². The largest absolute Gasteiger partial charge is 0.413 e. The predicted octanol–water partition coefficient (Wildman–Crippen LogP) is 5.93. The summed E-state index contributed by atoms with van der Waals surface area (Å²) in [5.41, 5.74) is 0. The van der Waals surface area contributed by atoms with Gasteiger partial charge in [-0.05, 0) is 42.8 Å². The van der Waals surface area contributed by atoms with Gasteiger partial charge in [0.05, 0.1) is 19.3 Å². The molecule has 3 atom stereocenters. The molecule has 1 aliphatic heterocycles. The highest BCUT2D eigenvalue weighted by atomic mass is 28.4. The maximum Gasteiger partial charge on any atom is 0.192 e. The molecule has 0 bridgehead atoms. The van der Waals surface area contributed by atoms with E-state index in [-0.39, 0.29) is 17.4 Å². The van der Waals surface area contributed by atoms with E-state index in [1.54, 1.807) is 0 Å². The van der Waals surface area contributed by atoms with E-state index in [4.69, 9.17) is 13.9 Å². The smallest absolute Gasteiger partial charge is 0.192 e. The molecule has 0 saturated carbocycles. The maximum absolute atomic E-state index is 6.87. The molecule has 0 aromatic rings. The van der Waals surface area contributed by atoms with E-state index in [1.807, 2.05) is 12.2 Å². The van der Waals surface area contributed by atoms with Crippen LogP contribution >= 0.6 is 0 Å². The second-order valence-corrected chi connectivity index (χ2v) is 13.7. The summed E-state index contributed by atoms with van der Waals surface area (Å²) < 4.78 is 18.4. The number of allylic oxidation sites excluding steroid dienone is 3. The lowest BCUT2D eigenvalue weighted by Crippen LogP contribution is -2.48. The van der Waals surface area contributed by atoms with Crippen LogP contribution in [-0.2, 0) is 13.9 Å². The van der Waals surface area contributed by atoms with Crippen LogP contribution in [0.3, 0.4) is 0 Å². The van der Waals surface area contributed by atoms with Gasteiger partial charge in [0.2, 0.25) is 0 Å². The molecule has 0 amide bonds. The van der Waals surface area contributed by atoms with E-state index < -0.39 is 8.32 Å². The van der Waals surface area contributed by atoms with Crippen LogP contribution < -0.4 is 0 Å². The van der Waals surface area contributed by atoms with Crippen LogP contribution in [0.1, 0.15) is 53.9 Å². The van der Waals surface area contributed by atoms with Crippen LogP contribution in [0.5, 0.6) is 0 Å². The van der Waals surface area contributed by atoms with Crippen LogP contribution in [0.25, 0.3) is 0 Å². The SMILES string of the molecule is C=C/C=C/C[C@@H](C)[C@H](O[Si](C)(C)C(C)(C)C)[C@@H](C)CC1OCCCO1. The van der Waals surface area contributed by atoms with Gasteiger partial charge < -0.3 is 13.9 Å². The normalized spacial score (nSPS) is 21.2. The maximum atomic E-state index is 6.87. The van der Waals surface area contributed by atoms with Gasteiger partial charge in [0.25, 0.3) is 0 Å². The molecule has 0 spiro atoms. The molecule has 1 heterocycles. The first kappa shape index (κ1) is 22.6. The van der Waals surface area contributed by atoms with Crippen LogP contribution in [-0.4, -0.2) is 33.9 Å². The van der Waals surface area contributed by atoms with Gasteiger partial charge in [-0.3, -0.25) is 0 Å². The van der Waals surface area contributed by atoms with Gasteiger partial charge in [-0.1, -0.05) is 59.4 Å². The summed E-state index contributed by atoms with van der Waals surface area (Å²) in [6.07, 6.45) is 9.09. The van der Waals surface area contributed by atoms with E-state index >= 15 is 0 Å². The Hall–Kier alpha value is -0.423. The molecule has 0 aliphatic carbocycles. The standard InChI is InChI=1S/C21H40O3Si/c1-9-10-11-13-17(2)20(24-25(7,8)21(4,5)6)18(3)16-19-22-14-12-15-23-19/h9-11,17-20H,1,12-16H2,2-8H3/b11-10+/t17-,18+,20+/m1/s1. The molecule has 146 valence electrons. The van der Waals surface area contributed by atoms with E-state index in [0.29, 0.717) is 11.8 Å². The average Bonchev–Trinajstić information content (AvgIpc) is 2.52. The van der Waals surface area contributed by atoms with E-state index in [0.717, 1.165) is 32.5 Å². The molecule has 3 nitrogen and oxygen atoms in total. The second-order valence-electron chi connectivity index (χ2n) is 8.96. The Balaban J connectivity index is 2.84. The van der Waals surface area contributed by atoms with Gasteiger partial charge in [-0.15, -0.1) is 0 Å². The van der Waals surface area contributed by atoms with Crippen molar-refractivity contribution in [1.82, 2.24) is 0 Å². The van der Waals surface area contributed by atoms with Crippen molar-refractivity contribution in [2.24, 2.45) is 11.8 Å². The van der Waals surface area contributed by atoms with Gasteiger partial charge >= 0.3 is 0 Å². The Morgan fingerprint density at radius 2 is 1.76 bits per heavy atom. The molecule has 1 aliphatic rings. The average molecular weight is 369 g/mol. The third-order valence-electron chi connectivity index (χ3n) is 5.60. The lowest BCUT2D eigenvalue weighted by atomic mass is 9.88. The molecule has 4 heteroatoms. The van der Waals surface area contributed by atoms with E-state index in [1.165, 1.54) is 0 Å². The molecule has 0 unspecified atom stereocenters. The van der Waals surface area contributed by atoms with Crippen molar-refractivity contribution in [2.75, 3.05) is 13.2 Å². The van der Waals surface area contributed by atoms with Crippen molar-refractivity contribution in [3.05, 3.63) is 24.8 Å². The molecule has 0 N–H and O–H groups in total. The first-order chi connectivity index (χ1) is 11.6. The van der Waals surface area contributed by atoms with Gasteiger partial charge in [0, 0.05) is 6.42 Å². The number of hydrogen-bond acceptors (Lipinski definition) is 3. The predicted molar refractivity (Wildman–Crippen MR) is 109 cm³/mol. The zero-order chi connectivity index (χ0) is 19.1. The lowest BCUT2D eigenvalue weighted by molar-refractivity contribution is -0.190. The highest BCUT2D eigenvalue weighted by Gasteiger charge is 2.41. The third-order valence-corrected chi connectivity index (χ3v) is 10.1. The molecular formula is C21H40O3Si. The lowest BCUT2D eigenvalue weighted by Gasteiger charge is -2.43. The third kappa shape index (κ3) is 7.38. The molecule has 25 heavy (non-hydrogen) atoms. The minimum Gasteiger partial charge on any atom is -0.413 e. The summed E-state index contributed by atoms with van der Waals surface area (Å²) in [7, 11) is -1.83. The zero-order valence-corrected chi connectivity index (χ0v) is 18.5.